The second kappa shape index (κ2) is 9.41. The van der Waals surface area contributed by atoms with Crippen molar-refractivity contribution >= 4 is 11.9 Å². The highest BCUT2D eigenvalue weighted by molar-refractivity contribution is 5.74. The van der Waals surface area contributed by atoms with Crippen molar-refractivity contribution in [3.63, 3.8) is 0 Å². The number of aliphatic carboxylic acids is 1. The molecule has 2 saturated heterocycles. The fourth-order valence-electron chi connectivity index (χ4n) is 3.49. The molecule has 0 bridgehead atoms. The molecular formula is C16H27NO11. The van der Waals surface area contributed by atoms with E-state index in [2.05, 4.69) is 5.32 Å². The fourth-order valence-corrected chi connectivity index (χ4v) is 3.49. The lowest BCUT2D eigenvalue weighted by Gasteiger charge is -2.46. The second-order valence-corrected chi connectivity index (χ2v) is 6.76. The van der Waals surface area contributed by atoms with E-state index < -0.39 is 73.2 Å². The number of rotatable bonds is 6. The molecule has 2 aliphatic heterocycles. The molecule has 2 unspecified atom stereocenters. The smallest absolute Gasteiger partial charge is 0.335 e. The molecule has 162 valence electrons. The third-order valence-corrected chi connectivity index (χ3v) is 4.91. The van der Waals surface area contributed by atoms with E-state index in [4.69, 9.17) is 18.9 Å². The number of carbonyl (C=O) groups excluding carboxylic acids is 1. The van der Waals surface area contributed by atoms with Gasteiger partial charge in [0.25, 0.3) is 0 Å². The van der Waals surface area contributed by atoms with Crippen molar-refractivity contribution in [1.82, 2.24) is 5.32 Å². The van der Waals surface area contributed by atoms with Gasteiger partial charge in [0, 0.05) is 20.0 Å². The summed E-state index contributed by atoms with van der Waals surface area (Å²) in [4.78, 5) is 23.1. The Morgan fingerprint density at radius 3 is 2.18 bits per heavy atom. The number of aliphatic hydroxyl groups is 4. The average molecular weight is 409 g/mol. The van der Waals surface area contributed by atoms with Gasteiger partial charge in [-0.1, -0.05) is 6.92 Å². The highest BCUT2D eigenvalue weighted by atomic mass is 16.8. The first kappa shape index (κ1) is 22.9. The Hall–Kier alpha value is -1.38. The van der Waals surface area contributed by atoms with Crippen LogP contribution in [0.25, 0.3) is 0 Å². The van der Waals surface area contributed by atoms with E-state index in [1.54, 1.807) is 6.92 Å². The van der Waals surface area contributed by atoms with E-state index in [9.17, 15) is 35.1 Å². The molecule has 2 aliphatic rings. The number of carbonyl (C=O) groups is 2. The van der Waals surface area contributed by atoms with Gasteiger partial charge >= 0.3 is 5.97 Å². The summed E-state index contributed by atoms with van der Waals surface area (Å²) >= 11 is 0. The summed E-state index contributed by atoms with van der Waals surface area (Å²) in [7, 11) is 1.17. The van der Waals surface area contributed by atoms with Crippen LogP contribution in [0.15, 0.2) is 0 Å². The zero-order valence-electron chi connectivity index (χ0n) is 15.7. The van der Waals surface area contributed by atoms with Crippen LogP contribution in [-0.2, 0) is 28.5 Å². The number of amides is 1. The molecule has 2 heterocycles. The molecule has 10 atom stereocenters. The van der Waals surface area contributed by atoms with Crippen LogP contribution in [0.2, 0.25) is 0 Å². The van der Waals surface area contributed by atoms with Crippen LogP contribution in [-0.4, -0.2) is 100.0 Å². The number of carboxylic acids is 1. The maximum absolute atomic E-state index is 11.6. The quantitative estimate of drug-likeness (QED) is 0.265. The average Bonchev–Trinajstić information content (AvgIpc) is 2.62. The molecular weight excluding hydrogens is 382 g/mol. The van der Waals surface area contributed by atoms with Gasteiger partial charge in [-0.25, -0.2) is 4.79 Å². The Morgan fingerprint density at radius 2 is 1.68 bits per heavy atom. The first-order valence-corrected chi connectivity index (χ1v) is 8.83. The lowest BCUT2D eigenvalue weighted by molar-refractivity contribution is -0.353. The van der Waals surface area contributed by atoms with Gasteiger partial charge < -0.3 is 49.8 Å². The van der Waals surface area contributed by atoms with Gasteiger partial charge in [-0.15, -0.1) is 0 Å². The van der Waals surface area contributed by atoms with Crippen molar-refractivity contribution < 1.29 is 54.1 Å². The predicted octanol–water partition coefficient (Wildman–Crippen LogP) is -2.88. The standard InChI is InChI=1S/C16H27NO11/c1-4-6-7(17-5(2)18)15(28-14(24)8(6)19)26-11-9(20)10(21)16(25-3)27-12(11)13(22)23/h6-12,14-16,19-21,24H,4H2,1-3H3,(H,17,18)(H,22,23)/t6?,7-,8-,9+,10+,11-,12-,14+,15-,16?/m1/s1. The third-order valence-electron chi connectivity index (χ3n) is 4.91. The molecule has 0 aliphatic carbocycles. The number of nitrogens with one attached hydrogen (secondary N) is 1. The van der Waals surface area contributed by atoms with E-state index in [1.807, 2.05) is 0 Å². The second-order valence-electron chi connectivity index (χ2n) is 6.76. The highest BCUT2D eigenvalue weighted by Crippen LogP contribution is 2.32. The first-order valence-electron chi connectivity index (χ1n) is 8.83. The minimum absolute atomic E-state index is 0.326. The van der Waals surface area contributed by atoms with Gasteiger partial charge in [-0.3, -0.25) is 4.79 Å². The molecule has 28 heavy (non-hydrogen) atoms. The molecule has 2 rings (SSSR count). The summed E-state index contributed by atoms with van der Waals surface area (Å²) in [5, 5.41) is 52.5. The van der Waals surface area contributed by atoms with Crippen molar-refractivity contribution in [2.24, 2.45) is 5.92 Å². The first-order chi connectivity index (χ1) is 13.1. The van der Waals surface area contributed by atoms with Crippen LogP contribution < -0.4 is 5.32 Å². The van der Waals surface area contributed by atoms with Gasteiger partial charge in [-0.2, -0.15) is 0 Å². The van der Waals surface area contributed by atoms with Crippen molar-refractivity contribution in [2.45, 2.75) is 75.7 Å². The molecule has 0 radical (unpaired) electrons. The predicted molar refractivity (Wildman–Crippen MR) is 88.5 cm³/mol. The zero-order valence-corrected chi connectivity index (χ0v) is 15.7. The van der Waals surface area contributed by atoms with Crippen LogP contribution in [0.5, 0.6) is 0 Å². The topological polar surface area (TPSA) is 184 Å². The molecule has 12 nitrogen and oxygen atoms in total. The Kier molecular flexibility index (Phi) is 7.70. The van der Waals surface area contributed by atoms with E-state index in [1.165, 1.54) is 14.0 Å². The number of carboxylic acid groups (broad SMARTS) is 1. The Bertz CT molecular complexity index is 561. The lowest BCUT2D eigenvalue weighted by Crippen LogP contribution is -2.66. The van der Waals surface area contributed by atoms with E-state index in [-0.39, 0.29) is 0 Å². The van der Waals surface area contributed by atoms with Gasteiger partial charge in [-0.05, 0) is 6.42 Å². The number of hydrogen-bond acceptors (Lipinski definition) is 10. The third kappa shape index (κ3) is 4.60. The maximum atomic E-state index is 11.6. The summed E-state index contributed by atoms with van der Waals surface area (Å²) in [6.45, 7) is 2.94. The Balaban J connectivity index is 2.29. The van der Waals surface area contributed by atoms with Crippen molar-refractivity contribution in [3.8, 4) is 0 Å². The lowest BCUT2D eigenvalue weighted by atomic mass is 9.87. The molecule has 0 spiro atoms. The summed E-state index contributed by atoms with van der Waals surface area (Å²) in [6, 6.07) is -0.958. The van der Waals surface area contributed by atoms with Gasteiger partial charge in [0.05, 0.1) is 6.04 Å². The van der Waals surface area contributed by atoms with Crippen molar-refractivity contribution in [2.75, 3.05) is 7.11 Å². The Labute approximate surface area is 160 Å². The molecule has 6 N–H and O–H groups in total. The molecule has 2 fully saturated rings. The van der Waals surface area contributed by atoms with Gasteiger partial charge in [0.15, 0.2) is 25.0 Å². The molecule has 12 heteroatoms. The van der Waals surface area contributed by atoms with Gasteiger partial charge in [0.1, 0.15) is 24.4 Å². The molecule has 0 saturated carbocycles. The van der Waals surface area contributed by atoms with Crippen LogP contribution in [0.4, 0.5) is 0 Å². The van der Waals surface area contributed by atoms with Crippen LogP contribution in [0, 0.1) is 5.92 Å². The molecule has 0 aromatic rings. The number of hydrogen-bond donors (Lipinski definition) is 6. The van der Waals surface area contributed by atoms with Crippen LogP contribution in [0.1, 0.15) is 20.3 Å². The van der Waals surface area contributed by atoms with Crippen molar-refractivity contribution in [1.29, 1.82) is 0 Å². The van der Waals surface area contributed by atoms with Crippen LogP contribution in [0.3, 0.4) is 0 Å². The fraction of sp³-hybridized carbons (Fsp3) is 0.875. The molecule has 1 amide bonds. The Morgan fingerprint density at radius 1 is 1.04 bits per heavy atom. The number of ether oxygens (including phenoxy) is 4. The maximum Gasteiger partial charge on any atom is 0.335 e. The largest absolute Gasteiger partial charge is 0.479 e. The minimum atomic E-state index is -1.73. The molecule has 0 aromatic carbocycles. The monoisotopic (exact) mass is 409 g/mol. The summed E-state index contributed by atoms with van der Waals surface area (Å²) < 4.78 is 20.7. The van der Waals surface area contributed by atoms with E-state index in [0.29, 0.717) is 6.42 Å². The minimum Gasteiger partial charge on any atom is -0.479 e. The highest BCUT2D eigenvalue weighted by Gasteiger charge is 2.52. The summed E-state index contributed by atoms with van der Waals surface area (Å²) in [5.41, 5.74) is 0. The van der Waals surface area contributed by atoms with Crippen LogP contribution >= 0.6 is 0 Å². The van der Waals surface area contributed by atoms with Crippen molar-refractivity contribution in [3.05, 3.63) is 0 Å². The van der Waals surface area contributed by atoms with Gasteiger partial charge in [0.2, 0.25) is 5.91 Å². The zero-order chi connectivity index (χ0) is 21.2. The summed E-state index contributed by atoms with van der Waals surface area (Å²) in [6.07, 6.45) is -12.2. The summed E-state index contributed by atoms with van der Waals surface area (Å²) in [5.74, 6) is -2.64. The molecule has 0 aromatic heterocycles. The van der Waals surface area contributed by atoms with E-state index >= 15 is 0 Å². The SMILES string of the molecule is CCC1[C@@H](O)[C@@H](O)O[C@@H](O[C@@H]2[C@@H](O)[C@H](O)C(OC)O[C@H]2C(=O)O)[C@@H]1NC(C)=O. The number of aliphatic hydroxyl groups excluding tert-OH is 4. The normalized spacial score (nSPS) is 44.1. The van der Waals surface area contributed by atoms with E-state index in [0.717, 1.165) is 0 Å². The number of methoxy groups -OCH3 is 1.